The molecule has 0 fully saturated rings. The summed E-state index contributed by atoms with van der Waals surface area (Å²) in [6, 6.07) is 10.9. The van der Waals surface area contributed by atoms with Crippen molar-refractivity contribution in [3.05, 3.63) is 52.5 Å². The average molecular weight is 304 g/mol. The van der Waals surface area contributed by atoms with Crippen molar-refractivity contribution in [2.24, 2.45) is 0 Å². The monoisotopic (exact) mass is 303 g/mol. The van der Waals surface area contributed by atoms with Crippen LogP contribution in [-0.4, -0.2) is 20.1 Å². The molecule has 1 aliphatic rings. The molecule has 5 heteroatoms. The van der Waals surface area contributed by atoms with Gasteiger partial charge in [-0.15, -0.1) is 0 Å². The Morgan fingerprint density at radius 2 is 1.76 bits per heavy atom. The van der Waals surface area contributed by atoms with E-state index in [1.165, 1.54) is 7.11 Å². The van der Waals surface area contributed by atoms with E-state index >= 15 is 0 Å². The molecule has 0 saturated carbocycles. The molecular weight excluding hydrogens is 290 g/mol. The largest absolute Gasteiger partial charge is 0.493 e. The Hall–Kier alpha value is -2.20. The second-order valence-electron chi connectivity index (χ2n) is 4.70. The molecule has 0 radical (unpaired) electrons. The van der Waals surface area contributed by atoms with Crippen LogP contribution in [0.4, 0.5) is 5.69 Å². The summed E-state index contributed by atoms with van der Waals surface area (Å²) in [5.41, 5.74) is 2.29. The van der Waals surface area contributed by atoms with Crippen LogP contribution in [0.2, 0.25) is 5.02 Å². The number of carbonyl (C=O) groups is 1. The quantitative estimate of drug-likeness (QED) is 0.871. The zero-order chi connectivity index (χ0) is 15.0. The number of amides is 1. The van der Waals surface area contributed by atoms with Gasteiger partial charge < -0.3 is 14.4 Å². The van der Waals surface area contributed by atoms with Gasteiger partial charge in [-0.2, -0.15) is 0 Å². The van der Waals surface area contributed by atoms with Gasteiger partial charge in [0.2, 0.25) is 0 Å². The lowest BCUT2D eigenvalue weighted by molar-refractivity contribution is 0.0993. The smallest absolute Gasteiger partial charge is 0.262 e. The van der Waals surface area contributed by atoms with Crippen LogP contribution in [0, 0.1) is 0 Å². The van der Waals surface area contributed by atoms with Crippen molar-refractivity contribution in [3.63, 3.8) is 0 Å². The molecule has 0 aromatic heterocycles. The third-order valence-electron chi connectivity index (χ3n) is 3.56. The Labute approximate surface area is 127 Å². The first-order valence-corrected chi connectivity index (χ1v) is 6.84. The summed E-state index contributed by atoms with van der Waals surface area (Å²) in [6.45, 7) is 0.510. The number of rotatable bonds is 3. The summed E-state index contributed by atoms with van der Waals surface area (Å²) in [5.74, 6) is 0.946. The average Bonchev–Trinajstić information content (AvgIpc) is 2.84. The van der Waals surface area contributed by atoms with Crippen LogP contribution >= 0.6 is 11.6 Å². The van der Waals surface area contributed by atoms with Crippen molar-refractivity contribution in [1.29, 1.82) is 0 Å². The standard InChI is InChI=1S/C16H14ClNO3/c1-20-13-8-3-10-9-18(12-6-4-11(17)5-7-12)16(19)14(10)15(13)21-2/h3-8H,9H2,1-2H3. The third kappa shape index (κ3) is 2.21. The molecule has 0 bridgehead atoms. The highest BCUT2D eigenvalue weighted by atomic mass is 35.5. The van der Waals surface area contributed by atoms with Crippen molar-refractivity contribution in [1.82, 2.24) is 0 Å². The van der Waals surface area contributed by atoms with Gasteiger partial charge in [0, 0.05) is 10.7 Å². The molecule has 0 N–H and O–H groups in total. The van der Waals surface area contributed by atoms with Gasteiger partial charge in [0.25, 0.3) is 5.91 Å². The van der Waals surface area contributed by atoms with Crippen LogP contribution in [-0.2, 0) is 6.54 Å². The van der Waals surface area contributed by atoms with Gasteiger partial charge in [-0.05, 0) is 35.9 Å². The number of benzene rings is 2. The number of nitrogens with zero attached hydrogens (tertiary/aromatic N) is 1. The lowest BCUT2D eigenvalue weighted by Gasteiger charge is -2.16. The number of hydrogen-bond acceptors (Lipinski definition) is 3. The van der Waals surface area contributed by atoms with Crippen LogP contribution in [0.15, 0.2) is 36.4 Å². The molecule has 0 unspecified atom stereocenters. The third-order valence-corrected chi connectivity index (χ3v) is 3.81. The van der Waals surface area contributed by atoms with E-state index in [9.17, 15) is 4.79 Å². The Bertz CT molecular complexity index is 697. The van der Waals surface area contributed by atoms with E-state index < -0.39 is 0 Å². The van der Waals surface area contributed by atoms with E-state index in [1.807, 2.05) is 24.3 Å². The molecule has 1 aliphatic heterocycles. The van der Waals surface area contributed by atoms with Crippen molar-refractivity contribution in [3.8, 4) is 11.5 Å². The molecule has 0 atom stereocenters. The summed E-state index contributed by atoms with van der Waals surface area (Å²) >= 11 is 5.89. The van der Waals surface area contributed by atoms with Gasteiger partial charge in [0.1, 0.15) is 0 Å². The first-order chi connectivity index (χ1) is 10.2. The van der Waals surface area contributed by atoms with E-state index in [1.54, 1.807) is 24.1 Å². The first kappa shape index (κ1) is 13.8. The molecule has 0 spiro atoms. The van der Waals surface area contributed by atoms with Crippen LogP contribution in [0.1, 0.15) is 15.9 Å². The minimum atomic E-state index is -0.0944. The predicted octanol–water partition coefficient (Wildman–Crippen LogP) is 3.52. The molecule has 3 rings (SSSR count). The van der Waals surface area contributed by atoms with E-state index in [0.717, 1.165) is 11.3 Å². The van der Waals surface area contributed by atoms with Crippen molar-refractivity contribution in [2.45, 2.75) is 6.54 Å². The number of ether oxygens (including phenoxy) is 2. The Balaban J connectivity index is 2.04. The fourth-order valence-electron chi connectivity index (χ4n) is 2.54. The number of hydrogen-bond donors (Lipinski definition) is 0. The van der Waals surface area contributed by atoms with Crippen LogP contribution in [0.5, 0.6) is 11.5 Å². The van der Waals surface area contributed by atoms with Gasteiger partial charge in [0.15, 0.2) is 11.5 Å². The highest BCUT2D eigenvalue weighted by molar-refractivity contribution is 6.30. The van der Waals surface area contributed by atoms with Crippen molar-refractivity contribution in [2.75, 3.05) is 19.1 Å². The first-order valence-electron chi connectivity index (χ1n) is 6.47. The summed E-state index contributed by atoms with van der Waals surface area (Å²) < 4.78 is 10.6. The minimum absolute atomic E-state index is 0.0944. The Morgan fingerprint density at radius 3 is 2.38 bits per heavy atom. The highest BCUT2D eigenvalue weighted by Gasteiger charge is 2.33. The van der Waals surface area contributed by atoms with Gasteiger partial charge >= 0.3 is 0 Å². The maximum atomic E-state index is 12.7. The zero-order valence-corrected chi connectivity index (χ0v) is 12.5. The Kier molecular flexibility index (Phi) is 3.47. The number of carbonyl (C=O) groups excluding carboxylic acids is 1. The van der Waals surface area contributed by atoms with Gasteiger partial charge in [-0.1, -0.05) is 17.7 Å². The summed E-state index contributed by atoms with van der Waals surface area (Å²) in [4.78, 5) is 14.4. The number of fused-ring (bicyclic) bond motifs is 1. The second kappa shape index (κ2) is 5.30. The van der Waals surface area contributed by atoms with E-state index in [-0.39, 0.29) is 5.91 Å². The molecule has 4 nitrogen and oxygen atoms in total. The molecule has 2 aromatic rings. The summed E-state index contributed by atoms with van der Waals surface area (Å²) in [7, 11) is 3.09. The fourth-order valence-corrected chi connectivity index (χ4v) is 2.67. The molecule has 0 aliphatic carbocycles. The lowest BCUT2D eigenvalue weighted by Crippen LogP contribution is -2.23. The summed E-state index contributed by atoms with van der Waals surface area (Å²) in [5, 5.41) is 0.641. The van der Waals surface area contributed by atoms with Gasteiger partial charge in [0.05, 0.1) is 26.3 Å². The normalized spacial score (nSPS) is 13.3. The van der Waals surface area contributed by atoms with Gasteiger partial charge in [-0.3, -0.25) is 4.79 Å². The minimum Gasteiger partial charge on any atom is -0.493 e. The Morgan fingerprint density at radius 1 is 1.05 bits per heavy atom. The molecule has 108 valence electrons. The summed E-state index contributed by atoms with van der Waals surface area (Å²) in [6.07, 6.45) is 0. The van der Waals surface area contributed by atoms with Crippen LogP contribution < -0.4 is 14.4 Å². The highest BCUT2D eigenvalue weighted by Crippen LogP contribution is 2.39. The molecular formula is C16H14ClNO3. The molecule has 2 aromatic carbocycles. The molecule has 1 heterocycles. The molecule has 21 heavy (non-hydrogen) atoms. The molecule has 0 saturated heterocycles. The maximum Gasteiger partial charge on any atom is 0.262 e. The maximum absolute atomic E-state index is 12.7. The topological polar surface area (TPSA) is 38.8 Å². The number of halogens is 1. The lowest BCUT2D eigenvalue weighted by atomic mass is 10.1. The fraction of sp³-hybridized carbons (Fsp3) is 0.188. The van der Waals surface area contributed by atoms with Gasteiger partial charge in [-0.25, -0.2) is 0 Å². The van der Waals surface area contributed by atoms with Crippen LogP contribution in [0.3, 0.4) is 0 Å². The van der Waals surface area contributed by atoms with E-state index in [2.05, 4.69) is 0 Å². The zero-order valence-electron chi connectivity index (χ0n) is 11.7. The van der Waals surface area contributed by atoms with Crippen molar-refractivity contribution < 1.29 is 14.3 Å². The SMILES string of the molecule is COc1ccc2c(c1OC)C(=O)N(c1ccc(Cl)cc1)C2. The number of anilines is 1. The van der Waals surface area contributed by atoms with Crippen molar-refractivity contribution >= 4 is 23.2 Å². The van der Waals surface area contributed by atoms with E-state index in [0.29, 0.717) is 28.6 Å². The van der Waals surface area contributed by atoms with E-state index in [4.69, 9.17) is 21.1 Å². The van der Waals surface area contributed by atoms with Crippen LogP contribution in [0.25, 0.3) is 0 Å². The second-order valence-corrected chi connectivity index (χ2v) is 5.14. The predicted molar refractivity (Wildman–Crippen MR) is 81.5 cm³/mol. The molecule has 1 amide bonds. The number of methoxy groups -OCH3 is 2.